The zero-order chi connectivity index (χ0) is 16.4. The minimum atomic E-state index is 0.121. The Morgan fingerprint density at radius 1 is 0.917 bits per heavy atom. The van der Waals surface area contributed by atoms with Gasteiger partial charge in [-0.1, -0.05) is 55.0 Å². The van der Waals surface area contributed by atoms with Gasteiger partial charge in [-0.15, -0.1) is 0 Å². The second-order valence-corrected chi connectivity index (χ2v) is 7.40. The van der Waals surface area contributed by atoms with Crippen molar-refractivity contribution in [3.8, 4) is 0 Å². The van der Waals surface area contributed by atoms with E-state index in [9.17, 15) is 4.79 Å². The molecule has 2 aliphatic carbocycles. The smallest absolute Gasteiger partial charge is 0.251 e. The first kappa shape index (κ1) is 15.4. The first-order valence-corrected chi connectivity index (χ1v) is 9.22. The maximum absolute atomic E-state index is 12.8. The molecule has 2 fully saturated rings. The maximum Gasteiger partial charge on any atom is 0.251 e. The lowest BCUT2D eigenvalue weighted by atomic mass is 9.94. The van der Waals surface area contributed by atoms with Crippen molar-refractivity contribution in [2.75, 3.05) is 0 Å². The quantitative estimate of drug-likeness (QED) is 0.870. The highest BCUT2D eigenvalue weighted by atomic mass is 16.1. The second-order valence-electron chi connectivity index (χ2n) is 7.40. The lowest BCUT2D eigenvalue weighted by molar-refractivity contribution is 0.0922. The number of hydrogen-bond donors (Lipinski definition) is 1. The van der Waals surface area contributed by atoms with Crippen molar-refractivity contribution in [3.63, 3.8) is 0 Å². The van der Waals surface area contributed by atoms with Gasteiger partial charge in [0.15, 0.2) is 0 Å². The number of nitrogens with one attached hydrogen (secondary N) is 1. The van der Waals surface area contributed by atoms with Crippen LogP contribution in [0.2, 0.25) is 0 Å². The summed E-state index contributed by atoms with van der Waals surface area (Å²) in [7, 11) is 0. The topological polar surface area (TPSA) is 29.1 Å². The van der Waals surface area contributed by atoms with E-state index in [0.717, 1.165) is 35.8 Å². The number of amides is 1. The van der Waals surface area contributed by atoms with Crippen LogP contribution in [0.1, 0.15) is 47.2 Å². The monoisotopic (exact) mass is 319 g/mol. The number of rotatable bonds is 5. The molecule has 2 heteroatoms. The maximum atomic E-state index is 12.8. The third kappa shape index (κ3) is 3.24. The van der Waals surface area contributed by atoms with E-state index in [0.29, 0.717) is 6.04 Å². The Hall–Kier alpha value is -2.09. The minimum Gasteiger partial charge on any atom is -0.349 e. The Balaban J connectivity index is 1.44. The van der Waals surface area contributed by atoms with Gasteiger partial charge in [-0.3, -0.25) is 4.79 Å². The van der Waals surface area contributed by atoms with Crippen LogP contribution in [-0.4, -0.2) is 11.9 Å². The summed E-state index contributed by atoms with van der Waals surface area (Å²) in [6, 6.07) is 19.0. The van der Waals surface area contributed by atoms with Crippen LogP contribution >= 0.6 is 0 Å². The van der Waals surface area contributed by atoms with Crippen molar-refractivity contribution in [1.29, 1.82) is 0 Å². The lowest BCUT2D eigenvalue weighted by Crippen LogP contribution is -2.38. The highest BCUT2D eigenvalue weighted by Crippen LogP contribution is 2.44. The number of carbonyl (C=O) groups excluding carboxylic acids is 1. The summed E-state index contributed by atoms with van der Waals surface area (Å²) in [5.74, 6) is 1.69. The third-order valence-electron chi connectivity index (χ3n) is 5.84. The number of aryl methyl sites for hydroxylation is 2. The molecule has 3 unspecified atom stereocenters. The Bertz CT molecular complexity index is 709. The molecule has 3 atom stereocenters. The molecule has 4 rings (SSSR count). The number of hydrogen-bond acceptors (Lipinski definition) is 1. The average molecular weight is 319 g/mol. The van der Waals surface area contributed by atoms with Gasteiger partial charge in [-0.2, -0.15) is 0 Å². The molecular weight excluding hydrogens is 294 g/mol. The molecule has 1 amide bonds. The van der Waals surface area contributed by atoms with Gasteiger partial charge in [0, 0.05) is 11.6 Å². The molecule has 124 valence electrons. The lowest BCUT2D eigenvalue weighted by Gasteiger charge is -2.23. The van der Waals surface area contributed by atoms with E-state index in [4.69, 9.17) is 0 Å². The van der Waals surface area contributed by atoms with Crippen LogP contribution in [0.25, 0.3) is 0 Å². The van der Waals surface area contributed by atoms with Gasteiger partial charge in [0.2, 0.25) is 0 Å². The van der Waals surface area contributed by atoms with E-state index >= 15 is 0 Å². The molecule has 0 spiro atoms. The van der Waals surface area contributed by atoms with Crippen LogP contribution in [0.4, 0.5) is 0 Å². The molecular formula is C22H25NO. The highest BCUT2D eigenvalue weighted by molar-refractivity contribution is 5.95. The molecule has 0 aliphatic heterocycles. The molecule has 0 radical (unpaired) electrons. The molecule has 1 N–H and O–H groups in total. The van der Waals surface area contributed by atoms with Crippen molar-refractivity contribution >= 4 is 5.91 Å². The van der Waals surface area contributed by atoms with E-state index in [1.165, 1.54) is 31.2 Å². The molecule has 2 aliphatic rings. The molecule has 0 saturated heterocycles. The van der Waals surface area contributed by atoms with Crippen LogP contribution in [0.5, 0.6) is 0 Å². The molecule has 0 heterocycles. The molecule has 2 saturated carbocycles. The summed E-state index contributed by atoms with van der Waals surface area (Å²) in [6.45, 7) is 0. The van der Waals surface area contributed by atoms with E-state index in [1.54, 1.807) is 0 Å². The van der Waals surface area contributed by atoms with Crippen LogP contribution in [0, 0.1) is 11.8 Å². The molecule has 24 heavy (non-hydrogen) atoms. The average Bonchev–Trinajstić information content (AvgIpc) is 3.24. The molecule has 2 aromatic rings. The predicted octanol–water partition coefficient (Wildman–Crippen LogP) is 4.39. The zero-order valence-corrected chi connectivity index (χ0v) is 14.1. The van der Waals surface area contributed by atoms with Crippen molar-refractivity contribution in [1.82, 2.24) is 5.32 Å². The summed E-state index contributed by atoms with van der Waals surface area (Å²) < 4.78 is 0. The zero-order valence-electron chi connectivity index (χ0n) is 14.1. The van der Waals surface area contributed by atoms with Crippen molar-refractivity contribution in [3.05, 3.63) is 71.3 Å². The fourth-order valence-electron chi connectivity index (χ4n) is 4.55. The van der Waals surface area contributed by atoms with Crippen molar-refractivity contribution < 1.29 is 4.79 Å². The standard InChI is InChI=1S/C22H25NO/c24-22(23-21-15-17-11-13-19(21)14-17)20-9-5-4-8-18(20)12-10-16-6-2-1-3-7-16/h1-9,17,19,21H,10-15H2,(H,23,24). The van der Waals surface area contributed by atoms with Gasteiger partial charge >= 0.3 is 0 Å². The van der Waals surface area contributed by atoms with Crippen molar-refractivity contribution in [2.45, 2.75) is 44.6 Å². The molecule has 2 bridgehead atoms. The SMILES string of the molecule is O=C(NC1CC2CCC1C2)c1ccccc1CCc1ccccc1. The fourth-order valence-corrected chi connectivity index (χ4v) is 4.55. The molecule has 0 aromatic heterocycles. The van der Waals surface area contributed by atoms with Gasteiger partial charge in [0.05, 0.1) is 0 Å². The first-order valence-electron chi connectivity index (χ1n) is 9.22. The minimum absolute atomic E-state index is 0.121. The van der Waals surface area contributed by atoms with Gasteiger partial charge in [0.1, 0.15) is 0 Å². The highest BCUT2D eigenvalue weighted by Gasteiger charge is 2.40. The van der Waals surface area contributed by atoms with E-state index in [-0.39, 0.29) is 5.91 Å². The second kappa shape index (κ2) is 6.80. The number of benzene rings is 2. The van der Waals surface area contributed by atoms with Crippen molar-refractivity contribution in [2.24, 2.45) is 11.8 Å². The van der Waals surface area contributed by atoms with Crippen LogP contribution in [0.15, 0.2) is 54.6 Å². The van der Waals surface area contributed by atoms with Gasteiger partial charge in [-0.05, 0) is 61.1 Å². The third-order valence-corrected chi connectivity index (χ3v) is 5.84. The fraction of sp³-hybridized carbons (Fsp3) is 0.409. The van der Waals surface area contributed by atoms with Gasteiger partial charge < -0.3 is 5.32 Å². The molecule has 2 nitrogen and oxygen atoms in total. The van der Waals surface area contributed by atoms with Gasteiger partial charge in [0.25, 0.3) is 5.91 Å². The number of fused-ring (bicyclic) bond motifs is 2. The normalized spacial score (nSPS) is 24.9. The molecule has 2 aromatic carbocycles. The Morgan fingerprint density at radius 2 is 1.71 bits per heavy atom. The van der Waals surface area contributed by atoms with Gasteiger partial charge in [-0.25, -0.2) is 0 Å². The van der Waals surface area contributed by atoms with Crippen LogP contribution in [0.3, 0.4) is 0 Å². The summed E-state index contributed by atoms with van der Waals surface area (Å²) in [5, 5.41) is 3.33. The summed E-state index contributed by atoms with van der Waals surface area (Å²) in [6.07, 6.45) is 7.04. The Kier molecular flexibility index (Phi) is 4.38. The van der Waals surface area contributed by atoms with E-state index in [2.05, 4.69) is 35.6 Å². The van der Waals surface area contributed by atoms with E-state index in [1.807, 2.05) is 24.3 Å². The summed E-state index contributed by atoms with van der Waals surface area (Å²) in [4.78, 5) is 12.8. The first-order chi connectivity index (χ1) is 11.8. The summed E-state index contributed by atoms with van der Waals surface area (Å²) >= 11 is 0. The number of carbonyl (C=O) groups is 1. The largest absolute Gasteiger partial charge is 0.349 e. The Morgan fingerprint density at radius 3 is 2.46 bits per heavy atom. The van der Waals surface area contributed by atoms with Crippen LogP contribution < -0.4 is 5.32 Å². The van der Waals surface area contributed by atoms with Crippen LogP contribution in [-0.2, 0) is 12.8 Å². The van der Waals surface area contributed by atoms with E-state index < -0.39 is 0 Å². The predicted molar refractivity (Wildman–Crippen MR) is 97.0 cm³/mol. The summed E-state index contributed by atoms with van der Waals surface area (Å²) in [5.41, 5.74) is 3.33. The Labute approximate surface area is 144 Å².